The summed E-state index contributed by atoms with van der Waals surface area (Å²) in [6.07, 6.45) is 6.19. The average molecular weight is 305 g/mol. The maximum Gasteiger partial charge on any atom is 0.0471 e. The molecule has 1 aromatic rings. The smallest absolute Gasteiger partial charge is 0.0471 e. The number of hydrogen-bond acceptors (Lipinski definition) is 4. The van der Waals surface area contributed by atoms with Gasteiger partial charge in [0.25, 0.3) is 0 Å². The monoisotopic (exact) mass is 305 g/mol. The molecule has 2 aliphatic heterocycles. The van der Waals surface area contributed by atoms with Gasteiger partial charge in [0.05, 0.1) is 0 Å². The number of likely N-dealkylation sites (tertiary alicyclic amines) is 2. The molecule has 21 heavy (non-hydrogen) atoms. The van der Waals surface area contributed by atoms with Crippen molar-refractivity contribution in [3.8, 4) is 0 Å². The standard InChI is InChI=1S/C17H27N3S/c1-21-16-6-4-14(5-7-16)17(12-18)20-11-8-15(13-20)19-9-2-3-10-19/h4-7,15,17H,2-3,8-13,18H2,1H3. The molecule has 0 saturated carbocycles. The minimum absolute atomic E-state index is 0.383. The first-order valence-electron chi connectivity index (χ1n) is 8.14. The first-order chi connectivity index (χ1) is 10.3. The molecule has 116 valence electrons. The third-order valence-corrected chi connectivity index (χ3v) is 5.76. The molecular weight excluding hydrogens is 278 g/mol. The van der Waals surface area contributed by atoms with E-state index < -0.39 is 0 Å². The molecule has 0 amide bonds. The van der Waals surface area contributed by atoms with Crippen LogP contribution in [0.4, 0.5) is 0 Å². The zero-order valence-electron chi connectivity index (χ0n) is 13.0. The van der Waals surface area contributed by atoms with Crippen LogP contribution in [0.25, 0.3) is 0 Å². The van der Waals surface area contributed by atoms with Crippen molar-refractivity contribution in [2.45, 2.75) is 36.2 Å². The Bertz CT molecular complexity index is 442. The molecule has 3 rings (SSSR count). The quantitative estimate of drug-likeness (QED) is 0.848. The predicted molar refractivity (Wildman–Crippen MR) is 90.8 cm³/mol. The van der Waals surface area contributed by atoms with Crippen molar-refractivity contribution in [2.75, 3.05) is 39.0 Å². The highest BCUT2D eigenvalue weighted by molar-refractivity contribution is 7.98. The van der Waals surface area contributed by atoms with Crippen LogP contribution in [-0.4, -0.2) is 54.8 Å². The third-order valence-electron chi connectivity index (χ3n) is 5.02. The van der Waals surface area contributed by atoms with E-state index in [0.29, 0.717) is 12.6 Å². The van der Waals surface area contributed by atoms with Gasteiger partial charge in [-0.05, 0) is 56.3 Å². The summed E-state index contributed by atoms with van der Waals surface area (Å²) in [6, 6.07) is 10.1. The van der Waals surface area contributed by atoms with Crippen LogP contribution >= 0.6 is 11.8 Å². The molecule has 0 aromatic heterocycles. The van der Waals surface area contributed by atoms with Crippen LogP contribution in [0, 0.1) is 0 Å². The molecule has 3 nitrogen and oxygen atoms in total. The Morgan fingerprint density at radius 1 is 1.19 bits per heavy atom. The van der Waals surface area contributed by atoms with E-state index >= 15 is 0 Å². The van der Waals surface area contributed by atoms with Crippen molar-refractivity contribution in [2.24, 2.45) is 5.73 Å². The molecule has 0 spiro atoms. The Labute approximate surface area is 132 Å². The Morgan fingerprint density at radius 2 is 1.90 bits per heavy atom. The lowest BCUT2D eigenvalue weighted by Crippen LogP contribution is -2.38. The number of thioether (sulfide) groups is 1. The molecule has 0 radical (unpaired) electrons. The molecule has 2 unspecified atom stereocenters. The molecule has 2 heterocycles. The van der Waals surface area contributed by atoms with Crippen molar-refractivity contribution in [3.63, 3.8) is 0 Å². The van der Waals surface area contributed by atoms with E-state index in [-0.39, 0.29) is 0 Å². The Morgan fingerprint density at radius 3 is 2.52 bits per heavy atom. The highest BCUT2D eigenvalue weighted by Gasteiger charge is 2.32. The number of benzene rings is 1. The van der Waals surface area contributed by atoms with E-state index in [2.05, 4.69) is 40.3 Å². The van der Waals surface area contributed by atoms with E-state index in [9.17, 15) is 0 Å². The summed E-state index contributed by atoms with van der Waals surface area (Å²) in [7, 11) is 0. The lowest BCUT2D eigenvalue weighted by Gasteiger charge is -2.29. The Hall–Kier alpha value is -0.550. The van der Waals surface area contributed by atoms with E-state index in [1.54, 1.807) is 11.8 Å². The van der Waals surface area contributed by atoms with E-state index in [1.165, 1.54) is 55.9 Å². The van der Waals surface area contributed by atoms with Crippen LogP contribution in [0.15, 0.2) is 29.2 Å². The topological polar surface area (TPSA) is 32.5 Å². The van der Waals surface area contributed by atoms with Gasteiger partial charge in [0, 0.05) is 36.6 Å². The van der Waals surface area contributed by atoms with E-state index in [1.807, 2.05) is 0 Å². The first kappa shape index (κ1) is 15.3. The van der Waals surface area contributed by atoms with Crippen LogP contribution < -0.4 is 5.73 Å². The molecule has 2 atom stereocenters. The molecule has 4 heteroatoms. The Kier molecular flexibility index (Phi) is 5.22. The summed E-state index contributed by atoms with van der Waals surface area (Å²) in [4.78, 5) is 6.60. The van der Waals surface area contributed by atoms with Crippen LogP contribution in [0.3, 0.4) is 0 Å². The van der Waals surface area contributed by atoms with E-state index in [4.69, 9.17) is 5.73 Å². The van der Waals surface area contributed by atoms with Crippen LogP contribution in [0.2, 0.25) is 0 Å². The van der Waals surface area contributed by atoms with E-state index in [0.717, 1.165) is 6.04 Å². The fourth-order valence-electron chi connectivity index (χ4n) is 3.78. The zero-order valence-corrected chi connectivity index (χ0v) is 13.8. The summed E-state index contributed by atoms with van der Waals surface area (Å²) in [5.74, 6) is 0. The summed E-state index contributed by atoms with van der Waals surface area (Å²) < 4.78 is 0. The molecule has 0 bridgehead atoms. The van der Waals surface area contributed by atoms with Crippen molar-refractivity contribution in [1.29, 1.82) is 0 Å². The van der Waals surface area contributed by atoms with Crippen molar-refractivity contribution >= 4 is 11.8 Å². The predicted octanol–water partition coefficient (Wildman–Crippen LogP) is 2.58. The van der Waals surface area contributed by atoms with Crippen LogP contribution in [0.5, 0.6) is 0 Å². The first-order valence-corrected chi connectivity index (χ1v) is 9.36. The fraction of sp³-hybridized carbons (Fsp3) is 0.647. The molecule has 2 aliphatic rings. The van der Waals surface area contributed by atoms with Crippen molar-refractivity contribution in [3.05, 3.63) is 29.8 Å². The second-order valence-electron chi connectivity index (χ2n) is 6.21. The third kappa shape index (κ3) is 3.45. The number of nitrogens with zero attached hydrogens (tertiary/aromatic N) is 2. The average Bonchev–Trinajstić information content (AvgIpc) is 3.20. The second-order valence-corrected chi connectivity index (χ2v) is 7.08. The van der Waals surface area contributed by atoms with Gasteiger partial charge in [-0.15, -0.1) is 11.8 Å². The van der Waals surface area contributed by atoms with Crippen molar-refractivity contribution < 1.29 is 0 Å². The largest absolute Gasteiger partial charge is 0.329 e. The molecule has 2 N–H and O–H groups in total. The van der Waals surface area contributed by atoms with Gasteiger partial charge in [0.15, 0.2) is 0 Å². The summed E-state index contributed by atoms with van der Waals surface area (Å²) >= 11 is 1.79. The summed E-state index contributed by atoms with van der Waals surface area (Å²) in [5.41, 5.74) is 7.47. The zero-order chi connectivity index (χ0) is 14.7. The lowest BCUT2D eigenvalue weighted by molar-refractivity contribution is 0.203. The van der Waals surface area contributed by atoms with Gasteiger partial charge < -0.3 is 5.73 Å². The van der Waals surface area contributed by atoms with Gasteiger partial charge in [-0.25, -0.2) is 0 Å². The Balaban J connectivity index is 1.65. The maximum absolute atomic E-state index is 6.09. The number of nitrogens with two attached hydrogens (primary N) is 1. The van der Waals surface area contributed by atoms with Crippen LogP contribution in [0.1, 0.15) is 30.9 Å². The number of hydrogen-bond donors (Lipinski definition) is 1. The van der Waals surface area contributed by atoms with Gasteiger partial charge in [-0.3, -0.25) is 9.80 Å². The SMILES string of the molecule is CSc1ccc(C(CN)N2CCC(N3CCCC3)C2)cc1. The van der Waals surface area contributed by atoms with Gasteiger partial charge in [-0.2, -0.15) is 0 Å². The summed E-state index contributed by atoms with van der Waals surface area (Å²) in [6.45, 7) is 5.69. The molecule has 0 aliphatic carbocycles. The molecule has 1 aromatic carbocycles. The molecule has 2 saturated heterocycles. The fourth-order valence-corrected chi connectivity index (χ4v) is 4.19. The molecular formula is C17H27N3S. The van der Waals surface area contributed by atoms with Crippen LogP contribution in [-0.2, 0) is 0 Å². The highest BCUT2D eigenvalue weighted by Crippen LogP contribution is 2.29. The highest BCUT2D eigenvalue weighted by atomic mass is 32.2. The minimum Gasteiger partial charge on any atom is -0.329 e. The second kappa shape index (κ2) is 7.14. The normalized spacial score (nSPS) is 25.5. The minimum atomic E-state index is 0.383. The van der Waals surface area contributed by atoms with Gasteiger partial charge in [0.1, 0.15) is 0 Å². The van der Waals surface area contributed by atoms with Gasteiger partial charge >= 0.3 is 0 Å². The van der Waals surface area contributed by atoms with Crippen molar-refractivity contribution in [1.82, 2.24) is 9.80 Å². The van der Waals surface area contributed by atoms with Gasteiger partial charge in [0.2, 0.25) is 0 Å². The summed E-state index contributed by atoms with van der Waals surface area (Å²) in [5, 5.41) is 0. The lowest BCUT2D eigenvalue weighted by atomic mass is 10.1. The molecule has 2 fully saturated rings. The maximum atomic E-state index is 6.09. The number of rotatable bonds is 5. The van der Waals surface area contributed by atoms with Gasteiger partial charge in [-0.1, -0.05) is 12.1 Å².